The minimum Gasteiger partial charge on any atom is -0.493 e. The predicted molar refractivity (Wildman–Crippen MR) is 123 cm³/mol. The van der Waals surface area contributed by atoms with Crippen LogP contribution in [0.1, 0.15) is 30.1 Å². The Morgan fingerprint density at radius 2 is 1.60 bits per heavy atom. The minimum atomic E-state index is -1.24. The van der Waals surface area contributed by atoms with Crippen molar-refractivity contribution in [1.29, 1.82) is 0 Å². The lowest BCUT2D eigenvalue weighted by Crippen LogP contribution is -2.22. The van der Waals surface area contributed by atoms with Gasteiger partial charge in [0.1, 0.15) is 17.1 Å². The second-order valence-corrected chi connectivity index (χ2v) is 8.52. The summed E-state index contributed by atoms with van der Waals surface area (Å²) in [5.41, 5.74) is 2.08. The Kier molecular flexibility index (Phi) is 8.31. The topological polar surface area (TPSA) is 47.6 Å². The average Bonchev–Trinajstić information content (AvgIpc) is 2.81. The first-order valence-electron chi connectivity index (χ1n) is 9.78. The molecule has 0 aliphatic rings. The fraction of sp³-hybridized carbons (Fsp3) is 0.250. The molecule has 0 bridgehead atoms. The van der Waals surface area contributed by atoms with Crippen LogP contribution in [0, 0.1) is 0 Å². The third kappa shape index (κ3) is 5.85. The summed E-state index contributed by atoms with van der Waals surface area (Å²) in [6.45, 7) is 2.65. The van der Waals surface area contributed by atoms with E-state index < -0.39 is 11.0 Å². The number of ether oxygens (including phenoxy) is 2. The molecule has 0 spiro atoms. The summed E-state index contributed by atoms with van der Waals surface area (Å²) in [4.78, 5) is 0.763. The van der Waals surface area contributed by atoms with Crippen LogP contribution in [0.4, 0.5) is 0 Å². The van der Waals surface area contributed by atoms with Gasteiger partial charge in [-0.1, -0.05) is 61.5 Å². The van der Waals surface area contributed by atoms with Crippen LogP contribution >= 0.6 is 11.6 Å². The Morgan fingerprint density at radius 3 is 2.23 bits per heavy atom. The number of rotatable bonds is 10. The Morgan fingerprint density at radius 1 is 0.933 bits per heavy atom. The highest BCUT2D eigenvalue weighted by Gasteiger charge is 2.17. The summed E-state index contributed by atoms with van der Waals surface area (Å²) in [6.07, 6.45) is -0.264. The summed E-state index contributed by atoms with van der Waals surface area (Å²) in [5.74, 6) is 1.76. The highest BCUT2D eigenvalue weighted by atomic mass is 35.5. The van der Waals surface area contributed by atoms with Crippen LogP contribution in [-0.4, -0.2) is 23.7 Å². The van der Waals surface area contributed by atoms with E-state index in [-0.39, 0.29) is 12.0 Å². The maximum atomic E-state index is 12.4. The van der Waals surface area contributed by atoms with E-state index in [4.69, 9.17) is 21.1 Å². The zero-order valence-corrected chi connectivity index (χ0v) is 18.7. The number of halogens is 1. The number of hydrogen-bond donors (Lipinski definition) is 1. The zero-order valence-electron chi connectivity index (χ0n) is 17.1. The molecule has 0 amide bonds. The molecule has 158 valence electrons. The average molecular weight is 444 g/mol. The highest BCUT2D eigenvalue weighted by molar-refractivity contribution is 7.83. The van der Waals surface area contributed by atoms with Crippen LogP contribution in [0.25, 0.3) is 0 Å². The summed E-state index contributed by atoms with van der Waals surface area (Å²) in [6, 6.07) is 25.1. The van der Waals surface area contributed by atoms with Gasteiger partial charge in [0.2, 0.25) is 0 Å². The van der Waals surface area contributed by atoms with Gasteiger partial charge >= 0.3 is 0 Å². The first kappa shape index (κ1) is 22.3. The van der Waals surface area contributed by atoms with Crippen molar-refractivity contribution in [2.45, 2.75) is 23.8 Å². The van der Waals surface area contributed by atoms with E-state index in [2.05, 4.69) is 11.6 Å². The molecule has 1 N–H and O–H groups in total. The molecular weight excluding hydrogens is 418 g/mol. The fourth-order valence-electron chi connectivity index (χ4n) is 3.04. The van der Waals surface area contributed by atoms with Gasteiger partial charge in [0.25, 0.3) is 0 Å². The minimum absolute atomic E-state index is 0.138. The molecule has 0 heterocycles. The Bertz CT molecular complexity index is 953. The van der Waals surface area contributed by atoms with E-state index in [9.17, 15) is 4.21 Å². The molecule has 0 saturated carbocycles. The Labute approximate surface area is 185 Å². The Hall–Kier alpha value is -2.34. The third-order valence-electron chi connectivity index (χ3n) is 4.82. The molecule has 0 aliphatic heterocycles. The first-order chi connectivity index (χ1) is 14.6. The van der Waals surface area contributed by atoms with Crippen molar-refractivity contribution in [2.24, 2.45) is 0 Å². The molecule has 0 saturated heterocycles. The van der Waals surface area contributed by atoms with Gasteiger partial charge in [0.15, 0.2) is 11.5 Å². The largest absolute Gasteiger partial charge is 0.493 e. The fourth-order valence-corrected chi connectivity index (χ4v) is 4.26. The van der Waals surface area contributed by atoms with E-state index in [1.54, 1.807) is 7.11 Å². The lowest BCUT2D eigenvalue weighted by molar-refractivity contribution is 0.219. The van der Waals surface area contributed by atoms with Crippen molar-refractivity contribution in [1.82, 2.24) is 4.72 Å². The monoisotopic (exact) mass is 443 g/mol. The van der Waals surface area contributed by atoms with Gasteiger partial charge in [-0.25, -0.2) is 8.93 Å². The van der Waals surface area contributed by atoms with Gasteiger partial charge in [-0.3, -0.25) is 0 Å². The third-order valence-corrected chi connectivity index (χ3v) is 6.22. The van der Waals surface area contributed by atoms with Crippen LogP contribution < -0.4 is 14.2 Å². The summed E-state index contributed by atoms with van der Waals surface area (Å²) in [5, 5.41) is 0. The summed E-state index contributed by atoms with van der Waals surface area (Å²) >= 11 is 6.15. The smallest absolute Gasteiger partial charge is 0.162 e. The second kappa shape index (κ2) is 11.2. The van der Waals surface area contributed by atoms with Crippen molar-refractivity contribution < 1.29 is 13.7 Å². The molecule has 6 heteroatoms. The van der Waals surface area contributed by atoms with E-state index in [1.165, 1.54) is 0 Å². The normalized spacial score (nSPS) is 14.0. The van der Waals surface area contributed by atoms with Crippen molar-refractivity contribution >= 4 is 22.6 Å². The number of nitrogens with one attached hydrogen (secondary N) is 1. The molecule has 3 atom stereocenters. The lowest BCUT2D eigenvalue weighted by atomic mass is 10.0. The van der Waals surface area contributed by atoms with Crippen LogP contribution in [0.3, 0.4) is 0 Å². The van der Waals surface area contributed by atoms with Crippen LogP contribution in [0.2, 0.25) is 0 Å². The summed E-state index contributed by atoms with van der Waals surface area (Å²) in [7, 11) is 0.382. The lowest BCUT2D eigenvalue weighted by Gasteiger charge is -2.20. The molecule has 3 aromatic carbocycles. The molecule has 0 aromatic heterocycles. The second-order valence-electron chi connectivity index (χ2n) is 6.91. The van der Waals surface area contributed by atoms with E-state index in [0.29, 0.717) is 23.9 Å². The van der Waals surface area contributed by atoms with Crippen molar-refractivity contribution in [3.8, 4) is 11.5 Å². The predicted octanol–water partition coefficient (Wildman–Crippen LogP) is 5.47. The van der Waals surface area contributed by atoms with Crippen LogP contribution in [0.15, 0.2) is 83.8 Å². The standard InChI is InChI=1S/C24H26ClNO3S/c1-18(17-26-30(27)21-11-7-4-8-12-21)20-13-14-22(23(15-20)28-2)29-24(16-25)19-9-5-3-6-10-19/h3-15,18,24,26H,16-17H2,1-2H3/t18?,24-,30?/m0/s1. The van der Waals surface area contributed by atoms with E-state index in [1.807, 2.05) is 78.9 Å². The maximum Gasteiger partial charge on any atom is 0.162 e. The van der Waals surface area contributed by atoms with Gasteiger partial charge in [-0.15, -0.1) is 11.6 Å². The number of methoxy groups -OCH3 is 1. The molecule has 0 aliphatic carbocycles. The van der Waals surface area contributed by atoms with Crippen LogP contribution in [-0.2, 0) is 11.0 Å². The SMILES string of the molecule is COc1cc(C(C)CNS(=O)c2ccccc2)ccc1O[C@@H](CCl)c1ccccc1. The molecule has 4 nitrogen and oxygen atoms in total. The van der Waals surface area contributed by atoms with Crippen LogP contribution in [0.5, 0.6) is 11.5 Å². The molecular formula is C24H26ClNO3S. The quantitative estimate of drug-likeness (QED) is 0.422. The van der Waals surface area contributed by atoms with Gasteiger partial charge < -0.3 is 9.47 Å². The Balaban J connectivity index is 1.67. The molecule has 3 rings (SSSR count). The highest BCUT2D eigenvalue weighted by Crippen LogP contribution is 2.34. The van der Waals surface area contributed by atoms with E-state index >= 15 is 0 Å². The van der Waals surface area contributed by atoms with Gasteiger partial charge in [0, 0.05) is 6.54 Å². The van der Waals surface area contributed by atoms with Crippen molar-refractivity contribution in [2.75, 3.05) is 19.5 Å². The number of alkyl halides is 1. The molecule has 30 heavy (non-hydrogen) atoms. The number of benzene rings is 3. The van der Waals surface area contributed by atoms with Gasteiger partial charge in [-0.2, -0.15) is 0 Å². The maximum absolute atomic E-state index is 12.4. The molecule has 3 aromatic rings. The molecule has 2 unspecified atom stereocenters. The van der Waals surface area contributed by atoms with Gasteiger partial charge in [-0.05, 0) is 41.3 Å². The van der Waals surface area contributed by atoms with Crippen molar-refractivity contribution in [3.05, 3.63) is 90.0 Å². The van der Waals surface area contributed by atoms with Crippen molar-refractivity contribution in [3.63, 3.8) is 0 Å². The van der Waals surface area contributed by atoms with Gasteiger partial charge in [0.05, 0.1) is 17.9 Å². The molecule has 0 radical (unpaired) electrons. The van der Waals surface area contributed by atoms with E-state index in [0.717, 1.165) is 16.0 Å². The molecule has 0 fully saturated rings. The number of hydrogen-bond acceptors (Lipinski definition) is 3. The zero-order chi connectivity index (χ0) is 21.3. The summed E-state index contributed by atoms with van der Waals surface area (Å²) < 4.78 is 27.2. The first-order valence-corrected chi connectivity index (χ1v) is 11.5.